The predicted octanol–water partition coefficient (Wildman–Crippen LogP) is 4.21. The van der Waals surface area contributed by atoms with Gasteiger partial charge in [0.1, 0.15) is 0 Å². The second-order valence-corrected chi connectivity index (χ2v) is 5.99. The summed E-state index contributed by atoms with van der Waals surface area (Å²) in [6.07, 6.45) is 1.02. The van der Waals surface area contributed by atoms with E-state index in [0.717, 1.165) is 6.42 Å². The molecule has 1 heteroatoms. The number of aryl methyl sites for hydroxylation is 4. The van der Waals surface area contributed by atoms with Crippen molar-refractivity contribution in [2.45, 2.75) is 40.0 Å². The summed E-state index contributed by atoms with van der Waals surface area (Å²) in [5.41, 5.74) is 14.1. The molecule has 2 rings (SSSR count). The van der Waals surface area contributed by atoms with Gasteiger partial charge in [0.05, 0.1) is 0 Å². The topological polar surface area (TPSA) is 26.0 Å². The first-order valence-electron chi connectivity index (χ1n) is 7.34. The molecular weight excluding hydrogens is 242 g/mol. The predicted molar refractivity (Wildman–Crippen MR) is 87.3 cm³/mol. The van der Waals surface area contributed by atoms with Crippen LogP contribution in [0.3, 0.4) is 0 Å². The molecule has 0 radical (unpaired) electrons. The first kappa shape index (κ1) is 14.8. The van der Waals surface area contributed by atoms with Crippen LogP contribution in [-0.4, -0.2) is 6.54 Å². The molecule has 2 aromatic rings. The highest BCUT2D eigenvalue weighted by Crippen LogP contribution is 2.25. The van der Waals surface area contributed by atoms with Crippen LogP contribution in [-0.2, 0) is 6.42 Å². The molecule has 0 aliphatic carbocycles. The van der Waals surface area contributed by atoms with E-state index in [1.54, 1.807) is 0 Å². The van der Waals surface area contributed by atoms with Crippen LogP contribution in [0.15, 0.2) is 36.4 Å². The summed E-state index contributed by atoms with van der Waals surface area (Å²) in [7, 11) is 0. The molecule has 0 aliphatic heterocycles. The van der Waals surface area contributed by atoms with E-state index in [1.165, 1.54) is 33.4 Å². The third-order valence-corrected chi connectivity index (χ3v) is 3.92. The Morgan fingerprint density at radius 3 is 2.10 bits per heavy atom. The molecule has 0 bridgehead atoms. The molecule has 0 aromatic heterocycles. The highest BCUT2D eigenvalue weighted by molar-refractivity contribution is 5.36. The van der Waals surface area contributed by atoms with E-state index in [0.29, 0.717) is 12.5 Å². The zero-order chi connectivity index (χ0) is 14.7. The smallest absolute Gasteiger partial charge is 0.000429 e. The second kappa shape index (κ2) is 6.23. The van der Waals surface area contributed by atoms with Crippen LogP contribution < -0.4 is 5.73 Å². The number of rotatable bonds is 4. The normalized spacial score (nSPS) is 12.4. The standard InChI is InChI=1S/C19H25N/c1-13-5-6-16(4)19(10-13)18(12-20)11-17-8-14(2)7-15(3)9-17/h5-10,18H,11-12,20H2,1-4H3. The zero-order valence-electron chi connectivity index (χ0n) is 13.0. The molecule has 0 heterocycles. The molecule has 0 saturated carbocycles. The van der Waals surface area contributed by atoms with Crippen LogP contribution in [0.1, 0.15) is 39.3 Å². The van der Waals surface area contributed by atoms with Gasteiger partial charge in [-0.1, -0.05) is 53.1 Å². The third kappa shape index (κ3) is 3.49. The molecule has 106 valence electrons. The summed E-state index contributed by atoms with van der Waals surface area (Å²) < 4.78 is 0. The molecule has 0 aliphatic rings. The number of hydrogen-bond donors (Lipinski definition) is 1. The van der Waals surface area contributed by atoms with Gasteiger partial charge in [-0.15, -0.1) is 0 Å². The first-order chi connectivity index (χ1) is 9.49. The molecule has 0 fully saturated rings. The molecule has 0 spiro atoms. The van der Waals surface area contributed by atoms with Crippen molar-refractivity contribution in [1.29, 1.82) is 0 Å². The lowest BCUT2D eigenvalue weighted by Crippen LogP contribution is -2.16. The zero-order valence-corrected chi connectivity index (χ0v) is 13.0. The van der Waals surface area contributed by atoms with Gasteiger partial charge in [-0.25, -0.2) is 0 Å². The Kier molecular flexibility index (Phi) is 4.61. The fourth-order valence-corrected chi connectivity index (χ4v) is 2.99. The summed E-state index contributed by atoms with van der Waals surface area (Å²) >= 11 is 0. The van der Waals surface area contributed by atoms with Gasteiger partial charge in [0, 0.05) is 5.92 Å². The minimum absolute atomic E-state index is 0.399. The highest BCUT2D eigenvalue weighted by Gasteiger charge is 2.13. The lowest BCUT2D eigenvalue weighted by molar-refractivity contribution is 0.688. The lowest BCUT2D eigenvalue weighted by atomic mass is 9.87. The second-order valence-electron chi connectivity index (χ2n) is 5.99. The molecule has 2 aromatic carbocycles. The van der Waals surface area contributed by atoms with Crippen molar-refractivity contribution in [3.63, 3.8) is 0 Å². The quantitative estimate of drug-likeness (QED) is 0.882. The minimum atomic E-state index is 0.399. The van der Waals surface area contributed by atoms with Crippen molar-refractivity contribution in [3.8, 4) is 0 Å². The van der Waals surface area contributed by atoms with Crippen molar-refractivity contribution in [2.24, 2.45) is 5.73 Å². The maximum Gasteiger partial charge on any atom is 0.000429 e. The van der Waals surface area contributed by atoms with Crippen LogP contribution in [0.5, 0.6) is 0 Å². The Hall–Kier alpha value is -1.60. The maximum absolute atomic E-state index is 6.05. The highest BCUT2D eigenvalue weighted by atomic mass is 14.5. The van der Waals surface area contributed by atoms with Crippen LogP contribution in [0, 0.1) is 27.7 Å². The van der Waals surface area contributed by atoms with E-state index < -0.39 is 0 Å². The van der Waals surface area contributed by atoms with E-state index in [1.807, 2.05) is 0 Å². The Morgan fingerprint density at radius 2 is 1.50 bits per heavy atom. The summed E-state index contributed by atoms with van der Waals surface area (Å²) in [5.74, 6) is 0.399. The van der Waals surface area contributed by atoms with Crippen LogP contribution in [0.2, 0.25) is 0 Å². The average molecular weight is 267 g/mol. The monoisotopic (exact) mass is 267 g/mol. The van der Waals surface area contributed by atoms with E-state index in [4.69, 9.17) is 5.73 Å². The number of hydrogen-bond acceptors (Lipinski definition) is 1. The van der Waals surface area contributed by atoms with E-state index in [9.17, 15) is 0 Å². The fourth-order valence-electron chi connectivity index (χ4n) is 2.99. The summed E-state index contributed by atoms with van der Waals surface area (Å²) in [6, 6.07) is 13.4. The molecule has 1 nitrogen and oxygen atoms in total. The number of nitrogens with two attached hydrogens (primary N) is 1. The van der Waals surface area contributed by atoms with Crippen molar-refractivity contribution in [2.75, 3.05) is 6.54 Å². The summed E-state index contributed by atoms with van der Waals surface area (Å²) in [5, 5.41) is 0. The van der Waals surface area contributed by atoms with Crippen molar-refractivity contribution in [1.82, 2.24) is 0 Å². The SMILES string of the molecule is Cc1cc(C)cc(CC(CN)c2cc(C)ccc2C)c1. The van der Waals surface area contributed by atoms with Gasteiger partial charge < -0.3 is 5.73 Å². The van der Waals surface area contributed by atoms with Gasteiger partial charge in [0.2, 0.25) is 0 Å². The van der Waals surface area contributed by atoms with E-state index in [-0.39, 0.29) is 0 Å². The van der Waals surface area contributed by atoms with Crippen LogP contribution in [0.25, 0.3) is 0 Å². The fraction of sp³-hybridized carbons (Fsp3) is 0.368. The van der Waals surface area contributed by atoms with Gasteiger partial charge in [0.15, 0.2) is 0 Å². The Balaban J connectivity index is 2.31. The molecule has 20 heavy (non-hydrogen) atoms. The van der Waals surface area contributed by atoms with Gasteiger partial charge in [-0.05, 0) is 57.4 Å². The molecule has 0 saturated heterocycles. The van der Waals surface area contributed by atoms with Crippen LogP contribution in [0.4, 0.5) is 0 Å². The van der Waals surface area contributed by atoms with Crippen molar-refractivity contribution >= 4 is 0 Å². The Bertz CT molecular complexity index is 578. The van der Waals surface area contributed by atoms with Gasteiger partial charge in [0.25, 0.3) is 0 Å². The summed E-state index contributed by atoms with van der Waals surface area (Å²) in [6.45, 7) is 9.33. The summed E-state index contributed by atoms with van der Waals surface area (Å²) in [4.78, 5) is 0. The Morgan fingerprint density at radius 1 is 0.850 bits per heavy atom. The molecular formula is C19H25N. The third-order valence-electron chi connectivity index (χ3n) is 3.92. The molecule has 1 atom stereocenters. The molecule has 1 unspecified atom stereocenters. The lowest BCUT2D eigenvalue weighted by Gasteiger charge is -2.19. The maximum atomic E-state index is 6.05. The first-order valence-corrected chi connectivity index (χ1v) is 7.34. The average Bonchev–Trinajstić information content (AvgIpc) is 2.38. The number of benzene rings is 2. The molecule has 0 amide bonds. The Labute approximate surface area is 122 Å². The largest absolute Gasteiger partial charge is 0.330 e. The minimum Gasteiger partial charge on any atom is -0.330 e. The van der Waals surface area contributed by atoms with Gasteiger partial charge in [-0.3, -0.25) is 0 Å². The van der Waals surface area contributed by atoms with Gasteiger partial charge >= 0.3 is 0 Å². The van der Waals surface area contributed by atoms with Gasteiger partial charge in [-0.2, -0.15) is 0 Å². The van der Waals surface area contributed by atoms with Crippen LogP contribution >= 0.6 is 0 Å². The van der Waals surface area contributed by atoms with E-state index in [2.05, 4.69) is 64.1 Å². The van der Waals surface area contributed by atoms with Crippen molar-refractivity contribution in [3.05, 3.63) is 69.8 Å². The van der Waals surface area contributed by atoms with E-state index >= 15 is 0 Å². The molecule has 2 N–H and O–H groups in total. The van der Waals surface area contributed by atoms with Crippen molar-refractivity contribution < 1.29 is 0 Å².